The van der Waals surface area contributed by atoms with Gasteiger partial charge >= 0.3 is 6.09 Å². The molecule has 120 valence electrons. The Morgan fingerprint density at radius 3 is 2.55 bits per heavy atom. The van der Waals surface area contributed by atoms with Crippen molar-refractivity contribution in [2.75, 3.05) is 13.1 Å². The van der Waals surface area contributed by atoms with Crippen LogP contribution in [0.5, 0.6) is 0 Å². The number of benzene rings is 1. The maximum absolute atomic E-state index is 11.7. The summed E-state index contributed by atoms with van der Waals surface area (Å²) in [5.74, 6) is -0.0175. The van der Waals surface area contributed by atoms with Gasteiger partial charge in [0.2, 0.25) is 5.91 Å². The van der Waals surface area contributed by atoms with Gasteiger partial charge in [-0.15, -0.1) is 0 Å². The molecule has 1 aromatic rings. The van der Waals surface area contributed by atoms with E-state index in [2.05, 4.69) is 16.0 Å². The van der Waals surface area contributed by atoms with Crippen molar-refractivity contribution < 1.29 is 14.3 Å². The molecule has 1 aromatic carbocycles. The van der Waals surface area contributed by atoms with Crippen molar-refractivity contribution in [3.8, 4) is 0 Å². The van der Waals surface area contributed by atoms with Crippen LogP contribution in [0.3, 0.4) is 0 Å². The molecule has 1 aliphatic rings. The summed E-state index contributed by atoms with van der Waals surface area (Å²) in [5.41, 5.74) is 0.976. The quantitative estimate of drug-likeness (QED) is 0.661. The van der Waals surface area contributed by atoms with Crippen molar-refractivity contribution in [1.82, 2.24) is 16.0 Å². The molecule has 6 nitrogen and oxygen atoms in total. The van der Waals surface area contributed by atoms with Crippen LogP contribution in [0.25, 0.3) is 0 Å². The smallest absolute Gasteiger partial charge is 0.407 e. The first-order valence-electron chi connectivity index (χ1n) is 7.58. The van der Waals surface area contributed by atoms with Crippen LogP contribution in [0, 0.1) is 0 Å². The van der Waals surface area contributed by atoms with Gasteiger partial charge in [-0.3, -0.25) is 4.79 Å². The zero-order valence-corrected chi connectivity index (χ0v) is 12.8. The van der Waals surface area contributed by atoms with Gasteiger partial charge in [-0.1, -0.05) is 30.3 Å². The number of carbonyl (C=O) groups excluding carboxylic acids is 2. The largest absolute Gasteiger partial charge is 0.445 e. The number of amides is 2. The number of rotatable bonds is 7. The normalized spacial score (nSPS) is 19.9. The van der Waals surface area contributed by atoms with Crippen LogP contribution in [0.4, 0.5) is 4.79 Å². The van der Waals surface area contributed by atoms with Gasteiger partial charge in [0.15, 0.2) is 0 Å². The first-order chi connectivity index (χ1) is 10.6. The summed E-state index contributed by atoms with van der Waals surface area (Å²) in [5, 5.41) is 8.92. The third kappa shape index (κ3) is 5.73. The number of ether oxygens (including phenoxy) is 1. The second kappa shape index (κ2) is 8.38. The van der Waals surface area contributed by atoms with Crippen LogP contribution in [-0.2, 0) is 16.1 Å². The molecular weight excluding hydrogens is 282 g/mol. The molecule has 0 aliphatic heterocycles. The lowest BCUT2D eigenvalue weighted by atomic mass is 9.87. The van der Waals surface area contributed by atoms with Crippen molar-refractivity contribution in [3.05, 3.63) is 35.9 Å². The van der Waals surface area contributed by atoms with Crippen LogP contribution in [-0.4, -0.2) is 37.2 Å². The molecule has 6 heteroatoms. The first kappa shape index (κ1) is 16.3. The Hall–Kier alpha value is -2.08. The highest BCUT2D eigenvalue weighted by atomic mass is 16.5. The molecule has 3 N–H and O–H groups in total. The highest BCUT2D eigenvalue weighted by molar-refractivity contribution is 5.72. The van der Waals surface area contributed by atoms with E-state index >= 15 is 0 Å². The van der Waals surface area contributed by atoms with E-state index < -0.39 is 0 Å². The molecular formula is C16H23N3O3. The van der Waals surface area contributed by atoms with E-state index in [4.69, 9.17) is 4.74 Å². The molecule has 0 radical (unpaired) electrons. The Morgan fingerprint density at radius 1 is 1.14 bits per heavy atom. The molecule has 1 fully saturated rings. The SMILES string of the molecule is CC(=O)NCCNC1CC(NC(=O)OCc2ccccc2)C1. The van der Waals surface area contributed by atoms with Gasteiger partial charge in [0.25, 0.3) is 0 Å². The maximum atomic E-state index is 11.7. The molecule has 0 unspecified atom stereocenters. The number of hydrogen-bond acceptors (Lipinski definition) is 4. The van der Waals surface area contributed by atoms with Crippen molar-refractivity contribution in [1.29, 1.82) is 0 Å². The molecule has 2 amide bonds. The van der Waals surface area contributed by atoms with E-state index in [-0.39, 0.29) is 24.6 Å². The summed E-state index contributed by atoms with van der Waals surface area (Å²) in [6, 6.07) is 10.2. The number of hydrogen-bond donors (Lipinski definition) is 3. The highest BCUT2D eigenvalue weighted by Gasteiger charge is 2.30. The Bertz CT molecular complexity index is 487. The number of carbonyl (C=O) groups is 2. The average molecular weight is 305 g/mol. The lowest BCUT2D eigenvalue weighted by molar-refractivity contribution is -0.118. The second-order valence-corrected chi connectivity index (χ2v) is 5.51. The molecule has 0 bridgehead atoms. The average Bonchev–Trinajstić information content (AvgIpc) is 2.47. The van der Waals surface area contributed by atoms with Crippen LogP contribution in [0.2, 0.25) is 0 Å². The lowest BCUT2D eigenvalue weighted by Crippen LogP contribution is -2.53. The van der Waals surface area contributed by atoms with Gasteiger partial charge in [0.1, 0.15) is 6.61 Å². The summed E-state index contributed by atoms with van der Waals surface area (Å²) >= 11 is 0. The van der Waals surface area contributed by atoms with E-state index in [0.717, 1.165) is 24.9 Å². The zero-order chi connectivity index (χ0) is 15.8. The molecule has 1 saturated carbocycles. The van der Waals surface area contributed by atoms with Gasteiger partial charge in [-0.25, -0.2) is 4.79 Å². The monoisotopic (exact) mass is 305 g/mol. The fourth-order valence-corrected chi connectivity index (χ4v) is 2.35. The number of nitrogens with one attached hydrogen (secondary N) is 3. The second-order valence-electron chi connectivity index (χ2n) is 5.51. The van der Waals surface area contributed by atoms with E-state index in [0.29, 0.717) is 12.6 Å². The number of alkyl carbamates (subject to hydrolysis) is 1. The summed E-state index contributed by atoms with van der Waals surface area (Å²) in [7, 11) is 0. The molecule has 0 saturated heterocycles. The van der Waals surface area contributed by atoms with Crippen molar-refractivity contribution in [2.24, 2.45) is 0 Å². The van der Waals surface area contributed by atoms with Gasteiger partial charge in [-0.05, 0) is 18.4 Å². The predicted molar refractivity (Wildman–Crippen MR) is 83.3 cm³/mol. The van der Waals surface area contributed by atoms with E-state index in [9.17, 15) is 9.59 Å². The Morgan fingerprint density at radius 2 is 1.86 bits per heavy atom. The van der Waals surface area contributed by atoms with Gasteiger partial charge in [0.05, 0.1) is 0 Å². The van der Waals surface area contributed by atoms with Crippen molar-refractivity contribution >= 4 is 12.0 Å². The highest BCUT2D eigenvalue weighted by Crippen LogP contribution is 2.19. The van der Waals surface area contributed by atoms with Crippen LogP contribution in [0.1, 0.15) is 25.3 Å². The lowest BCUT2D eigenvalue weighted by Gasteiger charge is -2.36. The fraction of sp³-hybridized carbons (Fsp3) is 0.500. The summed E-state index contributed by atoms with van der Waals surface area (Å²) in [6.45, 7) is 3.17. The van der Waals surface area contributed by atoms with Crippen LogP contribution in [0.15, 0.2) is 30.3 Å². The topological polar surface area (TPSA) is 79.5 Å². The molecule has 0 atom stereocenters. The molecule has 2 rings (SSSR count). The van der Waals surface area contributed by atoms with E-state index in [1.165, 1.54) is 6.92 Å². The molecule has 0 spiro atoms. The predicted octanol–water partition coefficient (Wildman–Crippen LogP) is 1.17. The van der Waals surface area contributed by atoms with Crippen LogP contribution >= 0.6 is 0 Å². The standard InChI is InChI=1S/C16H23N3O3/c1-12(20)17-7-8-18-14-9-15(10-14)19-16(21)22-11-13-5-3-2-4-6-13/h2-6,14-15,18H,7-11H2,1H3,(H,17,20)(H,19,21). The first-order valence-corrected chi connectivity index (χ1v) is 7.58. The minimum atomic E-state index is -0.370. The minimum Gasteiger partial charge on any atom is -0.445 e. The summed E-state index contributed by atoms with van der Waals surface area (Å²) < 4.78 is 5.18. The summed E-state index contributed by atoms with van der Waals surface area (Å²) in [4.78, 5) is 22.4. The third-order valence-electron chi connectivity index (χ3n) is 3.60. The minimum absolute atomic E-state index is 0.0175. The van der Waals surface area contributed by atoms with E-state index in [1.54, 1.807) is 0 Å². The maximum Gasteiger partial charge on any atom is 0.407 e. The van der Waals surface area contributed by atoms with Gasteiger partial charge < -0.3 is 20.7 Å². The Kier molecular flexibility index (Phi) is 6.21. The molecule has 22 heavy (non-hydrogen) atoms. The Balaban J connectivity index is 1.52. The van der Waals surface area contributed by atoms with Gasteiger partial charge in [0, 0.05) is 32.1 Å². The third-order valence-corrected chi connectivity index (χ3v) is 3.60. The van der Waals surface area contributed by atoms with Crippen molar-refractivity contribution in [2.45, 2.75) is 38.5 Å². The Labute approximate surface area is 130 Å². The molecule has 1 aliphatic carbocycles. The van der Waals surface area contributed by atoms with Gasteiger partial charge in [-0.2, -0.15) is 0 Å². The summed E-state index contributed by atoms with van der Waals surface area (Å²) in [6.07, 6.45) is 1.41. The zero-order valence-electron chi connectivity index (χ0n) is 12.8. The van der Waals surface area contributed by atoms with Crippen molar-refractivity contribution in [3.63, 3.8) is 0 Å². The fourth-order valence-electron chi connectivity index (χ4n) is 2.35. The van der Waals surface area contributed by atoms with E-state index in [1.807, 2.05) is 30.3 Å². The van der Waals surface area contributed by atoms with Crippen LogP contribution < -0.4 is 16.0 Å². The molecule has 0 aromatic heterocycles. The molecule has 0 heterocycles.